The van der Waals surface area contributed by atoms with E-state index < -0.39 is 0 Å². The Morgan fingerprint density at radius 1 is 1.08 bits per heavy atom. The first-order chi connectivity index (χ1) is 11.3. The molecule has 0 atom stereocenters. The molecule has 0 unspecified atom stereocenters. The SMILES string of the molecule is CCCCCCC[n+]1ccn(CC/C=C/c2ccc(Cl)cc2)c1.[Cl-]. The van der Waals surface area contributed by atoms with E-state index in [1.807, 2.05) is 24.3 Å². The van der Waals surface area contributed by atoms with E-state index in [0.29, 0.717) is 0 Å². The molecule has 2 rings (SSSR count). The summed E-state index contributed by atoms with van der Waals surface area (Å²) in [6.45, 7) is 4.42. The van der Waals surface area contributed by atoms with Gasteiger partial charge in [-0.2, -0.15) is 0 Å². The Hall–Kier alpha value is -1.25. The average molecular weight is 367 g/mol. The minimum absolute atomic E-state index is 0. The fourth-order valence-corrected chi connectivity index (χ4v) is 2.74. The number of nitrogens with zero attached hydrogens (tertiary/aromatic N) is 2. The monoisotopic (exact) mass is 366 g/mol. The van der Waals surface area contributed by atoms with Gasteiger partial charge in [0, 0.05) is 11.4 Å². The highest BCUT2D eigenvalue weighted by Crippen LogP contribution is 2.11. The molecule has 1 heterocycles. The van der Waals surface area contributed by atoms with Crippen molar-refractivity contribution in [3.05, 3.63) is 59.6 Å². The molecular formula is C20H28Cl2N2. The summed E-state index contributed by atoms with van der Waals surface area (Å²) in [7, 11) is 0. The number of halogens is 2. The van der Waals surface area contributed by atoms with E-state index >= 15 is 0 Å². The molecule has 0 fully saturated rings. The highest BCUT2D eigenvalue weighted by Gasteiger charge is 2.02. The Balaban J connectivity index is 0.00000288. The summed E-state index contributed by atoms with van der Waals surface area (Å²) in [6.07, 6.45) is 18.7. The standard InChI is InChI=1S/C20H28ClN2.ClH/c1-2-3-4-5-7-14-22-16-17-23(18-22)15-8-6-9-19-10-12-20(21)13-11-19;/h6,9-13,16-18H,2-5,7-8,14-15H2,1H3;1H/q+1;/p-1/b9-6+;. The third-order valence-electron chi connectivity index (χ3n) is 4.00. The number of benzene rings is 1. The van der Waals surface area contributed by atoms with Crippen molar-refractivity contribution in [2.24, 2.45) is 0 Å². The van der Waals surface area contributed by atoms with E-state index in [2.05, 4.69) is 46.9 Å². The van der Waals surface area contributed by atoms with Crippen LogP contribution in [0.25, 0.3) is 6.08 Å². The number of hydrogen-bond donors (Lipinski definition) is 0. The molecule has 0 saturated heterocycles. The van der Waals surface area contributed by atoms with Gasteiger partial charge < -0.3 is 12.4 Å². The molecule has 0 saturated carbocycles. The molecule has 2 aromatic rings. The smallest absolute Gasteiger partial charge is 0.243 e. The van der Waals surface area contributed by atoms with E-state index in [1.54, 1.807) is 0 Å². The molecule has 24 heavy (non-hydrogen) atoms. The van der Waals surface area contributed by atoms with E-state index in [-0.39, 0.29) is 12.4 Å². The molecule has 0 aliphatic carbocycles. The number of imidazole rings is 1. The van der Waals surface area contributed by atoms with Crippen LogP contribution in [-0.2, 0) is 13.1 Å². The minimum Gasteiger partial charge on any atom is -1.00 e. The number of hydrogen-bond acceptors (Lipinski definition) is 0. The quantitative estimate of drug-likeness (QED) is 0.451. The molecule has 0 spiro atoms. The highest BCUT2D eigenvalue weighted by molar-refractivity contribution is 6.30. The maximum Gasteiger partial charge on any atom is 0.243 e. The van der Waals surface area contributed by atoms with Gasteiger partial charge in [0.25, 0.3) is 0 Å². The molecule has 2 nitrogen and oxygen atoms in total. The summed E-state index contributed by atoms with van der Waals surface area (Å²) in [4.78, 5) is 0. The van der Waals surface area contributed by atoms with Gasteiger partial charge in [0.1, 0.15) is 12.4 Å². The second-order valence-electron chi connectivity index (χ2n) is 6.05. The van der Waals surface area contributed by atoms with Crippen LogP contribution < -0.4 is 17.0 Å². The third-order valence-corrected chi connectivity index (χ3v) is 4.25. The largest absolute Gasteiger partial charge is 1.00 e. The third kappa shape index (κ3) is 8.03. The van der Waals surface area contributed by atoms with Crippen LogP contribution in [0.15, 0.2) is 49.1 Å². The summed E-state index contributed by atoms with van der Waals surface area (Å²) in [6, 6.07) is 7.94. The Kier molecular flexibility index (Phi) is 10.5. The van der Waals surface area contributed by atoms with Crippen molar-refractivity contribution in [3.63, 3.8) is 0 Å². The van der Waals surface area contributed by atoms with Crippen LogP contribution in [0.3, 0.4) is 0 Å². The van der Waals surface area contributed by atoms with Crippen molar-refractivity contribution in [1.82, 2.24) is 4.57 Å². The van der Waals surface area contributed by atoms with Crippen LogP contribution >= 0.6 is 11.6 Å². The fourth-order valence-electron chi connectivity index (χ4n) is 2.62. The zero-order chi connectivity index (χ0) is 16.3. The topological polar surface area (TPSA) is 8.81 Å². The number of rotatable bonds is 10. The van der Waals surface area contributed by atoms with Gasteiger partial charge in [0.2, 0.25) is 6.33 Å². The van der Waals surface area contributed by atoms with Gasteiger partial charge >= 0.3 is 0 Å². The second-order valence-corrected chi connectivity index (χ2v) is 6.48. The highest BCUT2D eigenvalue weighted by atomic mass is 35.5. The Labute approximate surface area is 157 Å². The van der Waals surface area contributed by atoms with Gasteiger partial charge in [-0.15, -0.1) is 0 Å². The zero-order valence-corrected chi connectivity index (χ0v) is 16.0. The predicted molar refractivity (Wildman–Crippen MR) is 98.5 cm³/mol. The summed E-state index contributed by atoms with van der Waals surface area (Å²) in [5.41, 5.74) is 1.20. The molecule has 0 aliphatic rings. The molecule has 1 aromatic heterocycles. The predicted octanol–water partition coefficient (Wildman–Crippen LogP) is 2.51. The van der Waals surface area contributed by atoms with Crippen LogP contribution in [0.2, 0.25) is 5.02 Å². The maximum absolute atomic E-state index is 5.89. The zero-order valence-electron chi connectivity index (χ0n) is 14.5. The molecule has 0 N–H and O–H groups in total. The number of unbranched alkanes of at least 4 members (excludes halogenated alkanes) is 4. The Bertz CT molecular complexity index is 588. The normalized spacial score (nSPS) is 10.9. The Morgan fingerprint density at radius 2 is 1.83 bits per heavy atom. The van der Waals surface area contributed by atoms with Crippen LogP contribution in [0.4, 0.5) is 0 Å². The number of allylic oxidation sites excluding steroid dienone is 1. The lowest BCUT2D eigenvalue weighted by Crippen LogP contribution is -3.00. The molecule has 0 radical (unpaired) electrons. The van der Waals surface area contributed by atoms with Gasteiger partial charge in [-0.25, -0.2) is 9.13 Å². The molecule has 132 valence electrons. The van der Waals surface area contributed by atoms with Crippen molar-refractivity contribution in [3.8, 4) is 0 Å². The summed E-state index contributed by atoms with van der Waals surface area (Å²) in [5, 5.41) is 0.786. The average Bonchev–Trinajstić information content (AvgIpc) is 3.01. The van der Waals surface area contributed by atoms with Crippen LogP contribution in [-0.4, -0.2) is 4.57 Å². The molecule has 1 aromatic carbocycles. The van der Waals surface area contributed by atoms with Gasteiger partial charge in [-0.1, -0.05) is 62.1 Å². The second kappa shape index (κ2) is 12.2. The van der Waals surface area contributed by atoms with Crippen LogP contribution in [0.1, 0.15) is 51.0 Å². The van der Waals surface area contributed by atoms with Gasteiger partial charge in [0.15, 0.2) is 0 Å². The molecular weight excluding hydrogens is 339 g/mol. The molecule has 0 amide bonds. The van der Waals surface area contributed by atoms with Crippen molar-refractivity contribution < 1.29 is 17.0 Å². The lowest BCUT2D eigenvalue weighted by molar-refractivity contribution is -0.696. The van der Waals surface area contributed by atoms with Crippen molar-refractivity contribution in [1.29, 1.82) is 0 Å². The number of aromatic nitrogens is 2. The van der Waals surface area contributed by atoms with E-state index in [0.717, 1.165) is 24.5 Å². The van der Waals surface area contributed by atoms with E-state index in [1.165, 1.54) is 37.7 Å². The van der Waals surface area contributed by atoms with Gasteiger partial charge in [-0.05, 0) is 30.5 Å². The summed E-state index contributed by atoms with van der Waals surface area (Å²) >= 11 is 5.89. The molecule has 0 bridgehead atoms. The van der Waals surface area contributed by atoms with Gasteiger partial charge in [-0.3, -0.25) is 0 Å². The lowest BCUT2D eigenvalue weighted by atomic mass is 10.1. The Morgan fingerprint density at radius 3 is 2.58 bits per heavy atom. The van der Waals surface area contributed by atoms with Crippen molar-refractivity contribution in [2.75, 3.05) is 0 Å². The van der Waals surface area contributed by atoms with Crippen LogP contribution in [0, 0.1) is 0 Å². The first kappa shape index (κ1) is 20.8. The summed E-state index contributed by atoms with van der Waals surface area (Å²) < 4.78 is 4.56. The first-order valence-corrected chi connectivity index (χ1v) is 9.12. The number of aryl methyl sites for hydroxylation is 2. The minimum atomic E-state index is 0. The maximum atomic E-state index is 5.89. The first-order valence-electron chi connectivity index (χ1n) is 8.75. The molecule has 0 aliphatic heterocycles. The van der Waals surface area contributed by atoms with Crippen LogP contribution in [0.5, 0.6) is 0 Å². The van der Waals surface area contributed by atoms with Crippen molar-refractivity contribution in [2.45, 2.75) is 58.5 Å². The molecule has 4 heteroatoms. The summed E-state index contributed by atoms with van der Waals surface area (Å²) in [5.74, 6) is 0. The van der Waals surface area contributed by atoms with E-state index in [9.17, 15) is 0 Å². The fraction of sp³-hybridized carbons (Fsp3) is 0.450. The van der Waals surface area contributed by atoms with Crippen molar-refractivity contribution >= 4 is 17.7 Å². The van der Waals surface area contributed by atoms with Gasteiger partial charge in [0.05, 0.1) is 13.1 Å². The lowest BCUT2D eigenvalue weighted by Gasteiger charge is -1.97. The van der Waals surface area contributed by atoms with E-state index in [4.69, 9.17) is 11.6 Å².